The Morgan fingerprint density at radius 3 is 1.78 bits per heavy atom. The molecule has 2 heterocycles. The molecule has 0 atom stereocenters. The van der Waals surface area contributed by atoms with Gasteiger partial charge in [0.2, 0.25) is 5.91 Å². The van der Waals surface area contributed by atoms with Crippen LogP contribution in [0.5, 0.6) is 0 Å². The fraction of sp³-hybridized carbons (Fsp3) is 0.741. The van der Waals surface area contributed by atoms with Crippen LogP contribution in [0.3, 0.4) is 0 Å². The Labute approximate surface area is 197 Å². The van der Waals surface area contributed by atoms with Crippen LogP contribution in [-0.2, 0) is 17.8 Å². The number of rotatable bonds is 5. The van der Waals surface area contributed by atoms with Crippen LogP contribution in [0.2, 0.25) is 0 Å². The number of nitrogens with zero attached hydrogens (tertiary/aromatic N) is 2. The Kier molecular flexibility index (Phi) is 17.2. The number of aliphatic hydroxyl groups is 1. The number of amides is 1. The number of carbonyl (C=O) groups is 1. The molecule has 0 unspecified atom stereocenters. The van der Waals surface area contributed by atoms with Gasteiger partial charge in [-0.25, -0.2) is 4.39 Å². The Balaban J connectivity index is 0.000000497. The van der Waals surface area contributed by atoms with Gasteiger partial charge >= 0.3 is 0 Å². The fourth-order valence-electron chi connectivity index (χ4n) is 3.39. The van der Waals surface area contributed by atoms with Crippen molar-refractivity contribution in [3.63, 3.8) is 0 Å². The zero-order chi connectivity index (χ0) is 24.4. The molecule has 0 aliphatic carbocycles. The highest BCUT2D eigenvalue weighted by Crippen LogP contribution is 2.22. The molecule has 0 radical (unpaired) electrons. The van der Waals surface area contributed by atoms with E-state index >= 15 is 0 Å². The minimum Gasteiger partial charge on any atom is -0.387 e. The molecule has 2 saturated heterocycles. The second-order valence-corrected chi connectivity index (χ2v) is 8.80. The van der Waals surface area contributed by atoms with Gasteiger partial charge in [-0.05, 0) is 43.4 Å². The van der Waals surface area contributed by atoms with Crippen LogP contribution in [0.25, 0.3) is 0 Å². The third-order valence-corrected chi connectivity index (χ3v) is 5.46. The van der Waals surface area contributed by atoms with Crippen LogP contribution in [0.15, 0.2) is 24.3 Å². The van der Waals surface area contributed by atoms with Crippen molar-refractivity contribution in [3.8, 4) is 0 Å². The molecule has 186 valence electrons. The summed E-state index contributed by atoms with van der Waals surface area (Å²) in [6.07, 6.45) is 6.48. The predicted octanol–water partition coefficient (Wildman–Crippen LogP) is 6.01. The van der Waals surface area contributed by atoms with Crippen molar-refractivity contribution in [2.24, 2.45) is 0 Å². The van der Waals surface area contributed by atoms with Gasteiger partial charge in [0.15, 0.2) is 0 Å². The van der Waals surface area contributed by atoms with E-state index in [1.165, 1.54) is 24.0 Å². The van der Waals surface area contributed by atoms with Gasteiger partial charge in [-0.1, -0.05) is 78.6 Å². The minimum atomic E-state index is -1.01. The maximum atomic E-state index is 12.2. The molecule has 3 rings (SSSR count). The van der Waals surface area contributed by atoms with Crippen molar-refractivity contribution in [2.45, 2.75) is 98.6 Å². The summed E-state index contributed by atoms with van der Waals surface area (Å²) in [4.78, 5) is 15.6. The van der Waals surface area contributed by atoms with Crippen LogP contribution in [0.1, 0.15) is 91.2 Å². The number of aryl methyl sites for hydroxylation is 1. The molecule has 1 aromatic carbocycles. The van der Waals surface area contributed by atoms with E-state index in [4.69, 9.17) is 0 Å². The smallest absolute Gasteiger partial charge is 0.222 e. The van der Waals surface area contributed by atoms with Crippen LogP contribution in [0, 0.1) is 0 Å². The van der Waals surface area contributed by atoms with Crippen LogP contribution >= 0.6 is 0 Å². The van der Waals surface area contributed by atoms with Crippen LogP contribution in [0.4, 0.5) is 4.39 Å². The van der Waals surface area contributed by atoms with Crippen molar-refractivity contribution < 1.29 is 14.3 Å². The fourth-order valence-corrected chi connectivity index (χ4v) is 3.39. The van der Waals surface area contributed by atoms with Crippen LogP contribution in [-0.4, -0.2) is 59.3 Å². The Morgan fingerprint density at radius 1 is 0.906 bits per heavy atom. The first kappa shape index (κ1) is 30.5. The van der Waals surface area contributed by atoms with Crippen molar-refractivity contribution in [1.82, 2.24) is 9.80 Å². The lowest BCUT2D eigenvalue weighted by molar-refractivity contribution is -0.128. The van der Waals surface area contributed by atoms with E-state index in [0.717, 1.165) is 52.0 Å². The third kappa shape index (κ3) is 12.5. The molecule has 0 bridgehead atoms. The van der Waals surface area contributed by atoms with Gasteiger partial charge in [-0.3, -0.25) is 4.79 Å². The number of halogens is 1. The molecule has 0 spiro atoms. The highest BCUT2D eigenvalue weighted by atomic mass is 19.1. The lowest BCUT2D eigenvalue weighted by Gasteiger charge is -2.35. The van der Waals surface area contributed by atoms with Gasteiger partial charge < -0.3 is 14.9 Å². The Morgan fingerprint density at radius 2 is 1.41 bits per heavy atom. The summed E-state index contributed by atoms with van der Waals surface area (Å²) in [6, 6.07) is 8.56. The van der Waals surface area contributed by atoms with E-state index < -0.39 is 12.3 Å². The van der Waals surface area contributed by atoms with Crippen LogP contribution < -0.4 is 0 Å². The molecule has 4 nitrogen and oxygen atoms in total. The van der Waals surface area contributed by atoms with Crippen molar-refractivity contribution >= 4 is 5.91 Å². The second-order valence-electron chi connectivity index (χ2n) is 8.80. The van der Waals surface area contributed by atoms with E-state index in [2.05, 4.69) is 70.7 Å². The molecule has 5 heteroatoms. The number of piperidine rings is 1. The molecule has 2 fully saturated rings. The molecule has 2 aliphatic heterocycles. The first-order valence-electron chi connectivity index (χ1n) is 12.7. The molecule has 1 N–H and O–H groups in total. The molecular weight excluding hydrogens is 403 g/mol. The average molecular weight is 453 g/mol. The standard InChI is InChI=1S/C13H17NO.C8H16FNO.2C3H8/c1-2-11-5-7-12(8-6-11)10-14-9-3-4-13(14)15;1-2-10-5-3-8(11,7-9)4-6-10;2*1-3-2/h5-8H,2-4,9-10H2,1H3;11H,2-7H2,1H3;2*3H2,1-2H3. The molecule has 32 heavy (non-hydrogen) atoms. The number of likely N-dealkylation sites (tertiary alicyclic amines) is 2. The van der Waals surface area contributed by atoms with Crippen molar-refractivity contribution in [1.29, 1.82) is 0 Å². The number of carbonyl (C=O) groups excluding carboxylic acids is 1. The summed E-state index contributed by atoms with van der Waals surface area (Å²) >= 11 is 0. The summed E-state index contributed by atoms with van der Waals surface area (Å²) in [5, 5.41) is 9.49. The third-order valence-electron chi connectivity index (χ3n) is 5.46. The monoisotopic (exact) mass is 452 g/mol. The van der Waals surface area contributed by atoms with Gasteiger partial charge in [-0.2, -0.15) is 0 Å². The van der Waals surface area contributed by atoms with E-state index in [-0.39, 0.29) is 0 Å². The summed E-state index contributed by atoms with van der Waals surface area (Å²) in [5.74, 6) is 0.301. The van der Waals surface area contributed by atoms with Gasteiger partial charge in [0.1, 0.15) is 6.67 Å². The van der Waals surface area contributed by atoms with E-state index in [9.17, 15) is 14.3 Å². The average Bonchev–Trinajstić information content (AvgIpc) is 3.21. The molecule has 0 saturated carbocycles. The SMILES string of the molecule is CCC.CCC.CCN1CCC(O)(CF)CC1.CCc1ccc(CN2CCCC2=O)cc1. The van der Waals surface area contributed by atoms with E-state index in [1.54, 1.807) is 0 Å². The summed E-state index contributed by atoms with van der Waals surface area (Å²) in [5.41, 5.74) is 1.58. The van der Waals surface area contributed by atoms with Gasteiger partial charge in [0.25, 0.3) is 0 Å². The Hall–Kier alpha value is -1.46. The quantitative estimate of drug-likeness (QED) is 0.595. The molecular formula is C27H49FN2O2. The summed E-state index contributed by atoms with van der Waals surface area (Å²) < 4.78 is 12.2. The maximum absolute atomic E-state index is 12.2. The first-order chi connectivity index (χ1) is 15.3. The van der Waals surface area contributed by atoms with Gasteiger partial charge in [-0.15, -0.1) is 0 Å². The lowest BCUT2D eigenvalue weighted by atomic mass is 9.93. The van der Waals surface area contributed by atoms with Crippen molar-refractivity contribution in [3.05, 3.63) is 35.4 Å². The second kappa shape index (κ2) is 18.0. The first-order valence-corrected chi connectivity index (χ1v) is 12.7. The largest absolute Gasteiger partial charge is 0.387 e. The highest BCUT2D eigenvalue weighted by Gasteiger charge is 2.31. The van der Waals surface area contributed by atoms with E-state index in [1.807, 2.05) is 4.90 Å². The lowest BCUT2D eigenvalue weighted by Crippen LogP contribution is -2.45. The van der Waals surface area contributed by atoms with Gasteiger partial charge in [0.05, 0.1) is 5.60 Å². The van der Waals surface area contributed by atoms with Crippen molar-refractivity contribution in [2.75, 3.05) is 32.9 Å². The highest BCUT2D eigenvalue weighted by molar-refractivity contribution is 5.78. The summed E-state index contributed by atoms with van der Waals surface area (Å²) in [7, 11) is 0. The zero-order valence-electron chi connectivity index (χ0n) is 21.6. The van der Waals surface area contributed by atoms with E-state index in [0.29, 0.717) is 18.7 Å². The normalized spacial score (nSPS) is 17.4. The number of hydrogen-bond acceptors (Lipinski definition) is 3. The number of alkyl halides is 1. The Bertz CT molecular complexity index is 582. The maximum Gasteiger partial charge on any atom is 0.222 e. The predicted molar refractivity (Wildman–Crippen MR) is 135 cm³/mol. The topological polar surface area (TPSA) is 43.8 Å². The molecule has 0 aromatic heterocycles. The minimum absolute atomic E-state index is 0.301. The number of benzene rings is 1. The molecule has 1 aromatic rings. The number of hydrogen-bond donors (Lipinski definition) is 1. The molecule has 2 aliphatic rings. The van der Waals surface area contributed by atoms with Gasteiger partial charge in [0, 0.05) is 32.6 Å². The molecule has 1 amide bonds. The zero-order valence-corrected chi connectivity index (χ0v) is 21.6. The summed E-state index contributed by atoms with van der Waals surface area (Å²) in [6.45, 7) is 16.5.